The highest BCUT2D eigenvalue weighted by atomic mass is 127. The highest BCUT2D eigenvalue weighted by Gasteiger charge is 2.33. The summed E-state index contributed by atoms with van der Waals surface area (Å²) < 4.78 is 19.5. The summed E-state index contributed by atoms with van der Waals surface area (Å²) in [5.74, 6) is -1.32. The summed E-state index contributed by atoms with van der Waals surface area (Å²) in [5, 5.41) is 15.4. The Morgan fingerprint density at radius 2 is 1.88 bits per heavy atom. The van der Waals surface area contributed by atoms with Gasteiger partial charge in [0.1, 0.15) is 23.3 Å². The molecule has 2 aliphatic rings. The molecule has 2 amide bonds. The molecule has 2 aromatic heterocycles. The quantitative estimate of drug-likeness (QED) is 0.134. The zero-order chi connectivity index (χ0) is 33.7. The van der Waals surface area contributed by atoms with Gasteiger partial charge in [-0.2, -0.15) is 0 Å². The fourth-order valence-electron chi connectivity index (χ4n) is 5.66. The molecule has 13 nitrogen and oxygen atoms in total. The lowest BCUT2D eigenvalue weighted by Gasteiger charge is -2.18. The Hall–Kier alpha value is -5.42. The van der Waals surface area contributed by atoms with E-state index in [0.717, 1.165) is 5.56 Å². The van der Waals surface area contributed by atoms with Gasteiger partial charge in [0, 0.05) is 26.6 Å². The Morgan fingerprint density at radius 3 is 2.62 bits per heavy atom. The predicted octanol–water partition coefficient (Wildman–Crippen LogP) is 1.01. The SMILES string of the molecule is CC1=c2c(c(=O)n(C3CC3)c(=O)n2-c2cccc(NC(=O)Cn3cc(-c4cccc(N)c4)nn3)c2)=C(Nc2ccc(I)cc2F)[NH2+]C1=O. The van der Waals surface area contributed by atoms with Crippen molar-refractivity contribution in [3.05, 3.63) is 114 Å². The van der Waals surface area contributed by atoms with Crippen molar-refractivity contribution in [2.75, 3.05) is 16.4 Å². The highest BCUT2D eigenvalue weighted by molar-refractivity contribution is 14.1. The van der Waals surface area contributed by atoms with Crippen molar-refractivity contribution in [3.63, 3.8) is 0 Å². The van der Waals surface area contributed by atoms with Crippen LogP contribution in [-0.2, 0) is 16.1 Å². The largest absolute Gasteiger partial charge is 0.399 e. The number of aromatic nitrogens is 5. The van der Waals surface area contributed by atoms with Crippen LogP contribution in [0.3, 0.4) is 0 Å². The number of benzene rings is 3. The molecule has 7 rings (SSSR count). The summed E-state index contributed by atoms with van der Waals surface area (Å²) >= 11 is 1.99. The molecule has 0 atom stereocenters. The molecule has 0 bridgehead atoms. The van der Waals surface area contributed by atoms with Crippen molar-refractivity contribution in [3.8, 4) is 16.9 Å². The fraction of sp³-hybridized carbons (Fsp3) is 0.152. The summed E-state index contributed by atoms with van der Waals surface area (Å²) in [4.78, 5) is 54.3. The Balaban J connectivity index is 1.28. The maximum absolute atomic E-state index is 14.9. The van der Waals surface area contributed by atoms with Crippen molar-refractivity contribution in [1.29, 1.82) is 0 Å². The average Bonchev–Trinajstić information content (AvgIpc) is 3.77. The van der Waals surface area contributed by atoms with Crippen molar-refractivity contribution < 1.29 is 19.3 Å². The summed E-state index contributed by atoms with van der Waals surface area (Å²) in [5.41, 5.74) is 7.52. The molecule has 6 N–H and O–H groups in total. The number of rotatable bonds is 8. The van der Waals surface area contributed by atoms with Gasteiger partial charge >= 0.3 is 11.6 Å². The van der Waals surface area contributed by atoms with Crippen LogP contribution in [0.2, 0.25) is 0 Å². The number of fused-ring (bicyclic) bond motifs is 1. The monoisotopic (exact) mass is 760 g/mol. The zero-order valence-corrected chi connectivity index (χ0v) is 27.6. The molecule has 1 aliphatic carbocycles. The normalized spacial score (nSPS) is 14.2. The fourth-order valence-corrected chi connectivity index (χ4v) is 6.11. The highest BCUT2D eigenvalue weighted by Crippen LogP contribution is 2.32. The second-order valence-corrected chi connectivity index (χ2v) is 12.8. The first-order valence-corrected chi connectivity index (χ1v) is 16.1. The minimum Gasteiger partial charge on any atom is -0.399 e. The number of halogens is 2. The van der Waals surface area contributed by atoms with E-state index in [4.69, 9.17) is 5.73 Å². The number of nitrogens with zero attached hydrogens (tertiary/aromatic N) is 5. The van der Waals surface area contributed by atoms with Gasteiger partial charge < -0.3 is 16.4 Å². The van der Waals surface area contributed by atoms with Crippen LogP contribution in [0.25, 0.3) is 28.3 Å². The van der Waals surface area contributed by atoms with E-state index < -0.39 is 28.9 Å². The van der Waals surface area contributed by atoms with Gasteiger partial charge in [-0.3, -0.25) is 18.7 Å². The third kappa shape index (κ3) is 5.93. The van der Waals surface area contributed by atoms with E-state index in [-0.39, 0.29) is 40.2 Å². The van der Waals surface area contributed by atoms with Gasteiger partial charge in [0.15, 0.2) is 0 Å². The molecule has 3 aromatic carbocycles. The topological polar surface area (TPSA) is 176 Å². The molecular weight excluding hydrogens is 732 g/mol. The summed E-state index contributed by atoms with van der Waals surface area (Å²) in [7, 11) is 0. The first kappa shape index (κ1) is 31.2. The van der Waals surface area contributed by atoms with Crippen LogP contribution in [0.5, 0.6) is 0 Å². The number of nitrogen functional groups attached to an aromatic ring is 1. The first-order valence-electron chi connectivity index (χ1n) is 15.0. The number of hydrogen-bond donors (Lipinski definition) is 4. The van der Waals surface area contributed by atoms with Crippen LogP contribution < -0.4 is 43.5 Å². The number of anilines is 3. The van der Waals surface area contributed by atoms with Crippen molar-refractivity contribution in [2.24, 2.45) is 0 Å². The van der Waals surface area contributed by atoms with Crippen molar-refractivity contribution in [1.82, 2.24) is 24.1 Å². The average molecular weight is 761 g/mol. The molecule has 1 fully saturated rings. The summed E-state index contributed by atoms with van der Waals surface area (Å²) in [6, 6.07) is 17.9. The number of primary amides is 1. The Kier molecular flexibility index (Phi) is 8.00. The second-order valence-electron chi connectivity index (χ2n) is 11.6. The maximum Gasteiger partial charge on any atom is 0.346 e. The van der Waals surface area contributed by atoms with E-state index in [1.807, 2.05) is 28.7 Å². The van der Waals surface area contributed by atoms with Gasteiger partial charge in [-0.1, -0.05) is 23.4 Å². The second kappa shape index (κ2) is 12.3. The van der Waals surface area contributed by atoms with Crippen LogP contribution in [0, 0.1) is 9.39 Å². The van der Waals surface area contributed by atoms with Crippen LogP contribution in [0.1, 0.15) is 25.8 Å². The van der Waals surface area contributed by atoms with E-state index in [1.54, 1.807) is 61.7 Å². The summed E-state index contributed by atoms with van der Waals surface area (Å²) in [6.45, 7) is 1.40. The maximum atomic E-state index is 14.9. The molecule has 3 heterocycles. The van der Waals surface area contributed by atoms with Crippen LogP contribution in [0.15, 0.2) is 82.5 Å². The third-order valence-electron chi connectivity index (χ3n) is 8.09. The number of amides is 2. The minimum absolute atomic E-state index is 0.0761. The zero-order valence-electron chi connectivity index (χ0n) is 25.4. The van der Waals surface area contributed by atoms with Crippen molar-refractivity contribution in [2.45, 2.75) is 32.4 Å². The number of quaternary nitrogens is 1. The van der Waals surface area contributed by atoms with Crippen LogP contribution in [-0.4, -0.2) is 35.9 Å². The molecule has 0 spiro atoms. The lowest BCUT2D eigenvalue weighted by atomic mass is 10.1. The van der Waals surface area contributed by atoms with Crippen LogP contribution in [0.4, 0.5) is 21.5 Å². The van der Waals surface area contributed by atoms with Gasteiger partial charge in [-0.15, -0.1) is 5.10 Å². The molecule has 0 radical (unpaired) electrons. The van der Waals surface area contributed by atoms with E-state index in [2.05, 4.69) is 20.9 Å². The van der Waals surface area contributed by atoms with E-state index >= 15 is 0 Å². The Labute approximate surface area is 284 Å². The number of hydrogen-bond acceptors (Lipinski definition) is 8. The Morgan fingerprint density at radius 1 is 1.08 bits per heavy atom. The lowest BCUT2D eigenvalue weighted by Crippen LogP contribution is -2.91. The van der Waals surface area contributed by atoms with Gasteiger partial charge in [0.2, 0.25) is 11.7 Å². The standard InChI is InChI=1S/C33H27FIN9O4/c1-17-29-28(30(39-31(17)46)38-25-11-8-19(35)13-24(25)34)32(47)44(22-9-10-22)33(48)43(29)23-7-3-6-21(14-23)37-27(45)16-42-15-26(40-41-42)18-4-2-5-20(36)12-18/h2-8,11-15,22H,9-10,16,36H2,1H3,(H,37,45)(H2,38,39,46)/p+1. The van der Waals surface area contributed by atoms with Crippen LogP contribution >= 0.6 is 22.6 Å². The molecule has 242 valence electrons. The number of nitrogens with two attached hydrogens (primary N) is 2. The number of carbonyl (C=O) groups is 2. The molecule has 48 heavy (non-hydrogen) atoms. The molecule has 5 aromatic rings. The summed E-state index contributed by atoms with van der Waals surface area (Å²) in [6.07, 6.45) is 2.92. The lowest BCUT2D eigenvalue weighted by molar-refractivity contribution is -0.471. The van der Waals surface area contributed by atoms with Gasteiger partial charge in [0.25, 0.3) is 5.56 Å². The number of carbonyl (C=O) groups excluding carboxylic acids is 2. The molecule has 0 saturated heterocycles. The predicted molar refractivity (Wildman–Crippen MR) is 184 cm³/mol. The Bertz CT molecular complexity index is 2410. The number of nitrogens with one attached hydrogen (secondary N) is 2. The molecular formula is C33H28FIN9O4+. The first-order chi connectivity index (χ1) is 23.1. The van der Waals surface area contributed by atoms with E-state index in [1.165, 1.54) is 31.3 Å². The smallest absolute Gasteiger partial charge is 0.346 e. The van der Waals surface area contributed by atoms with Gasteiger partial charge in [-0.25, -0.2) is 24.0 Å². The molecule has 0 unspecified atom stereocenters. The van der Waals surface area contributed by atoms with Gasteiger partial charge in [-0.05, 0) is 90.9 Å². The third-order valence-corrected chi connectivity index (χ3v) is 8.76. The van der Waals surface area contributed by atoms with Gasteiger partial charge in [0.05, 0.1) is 28.5 Å². The van der Waals surface area contributed by atoms with E-state index in [9.17, 15) is 23.6 Å². The minimum atomic E-state index is -0.615. The molecule has 1 saturated carbocycles. The molecule has 1 aliphatic heterocycles. The van der Waals surface area contributed by atoms with E-state index in [0.29, 0.717) is 39.2 Å². The van der Waals surface area contributed by atoms with Crippen molar-refractivity contribution >= 4 is 62.9 Å². The molecule has 15 heteroatoms.